The van der Waals surface area contributed by atoms with Gasteiger partial charge in [-0.05, 0) is 31.4 Å². The van der Waals surface area contributed by atoms with E-state index in [2.05, 4.69) is 22.0 Å². The lowest BCUT2D eigenvalue weighted by Gasteiger charge is -2.19. The van der Waals surface area contributed by atoms with Crippen LogP contribution < -0.4 is 5.56 Å². The first-order chi connectivity index (χ1) is 14.0. The largest absolute Gasteiger partial charge is 0.383 e. The molecule has 0 bridgehead atoms. The second kappa shape index (κ2) is 6.67. The molecule has 3 unspecified atom stereocenters. The minimum absolute atomic E-state index is 0.226. The molecule has 5 rings (SSSR count). The van der Waals surface area contributed by atoms with Gasteiger partial charge in [0.2, 0.25) is 11.7 Å². The van der Waals surface area contributed by atoms with Crippen molar-refractivity contribution in [3.8, 4) is 11.5 Å². The predicted molar refractivity (Wildman–Crippen MR) is 108 cm³/mol. The van der Waals surface area contributed by atoms with E-state index in [-0.39, 0.29) is 11.6 Å². The highest BCUT2D eigenvalue weighted by Gasteiger charge is 2.39. The second-order valence-corrected chi connectivity index (χ2v) is 8.08. The Balaban J connectivity index is 1.79. The van der Waals surface area contributed by atoms with Crippen molar-refractivity contribution in [3.63, 3.8) is 0 Å². The number of rotatable bonds is 5. The summed E-state index contributed by atoms with van der Waals surface area (Å²) < 4.78 is 14.1. The summed E-state index contributed by atoms with van der Waals surface area (Å²) >= 11 is 6.49. The SMILES string of the molecule is COCC(C)n1c(=O)c2c(-c3noc(C4CC4C)n3)ncn2c2cccc(Cl)c21. The Bertz CT molecular complexity index is 1290. The van der Waals surface area contributed by atoms with Crippen LogP contribution in [-0.4, -0.2) is 37.8 Å². The predicted octanol–water partition coefficient (Wildman–Crippen LogP) is 3.68. The van der Waals surface area contributed by atoms with Crippen LogP contribution >= 0.6 is 11.6 Å². The van der Waals surface area contributed by atoms with E-state index in [4.69, 9.17) is 20.9 Å². The Morgan fingerprint density at radius 1 is 1.38 bits per heavy atom. The zero-order valence-electron chi connectivity index (χ0n) is 16.3. The molecule has 29 heavy (non-hydrogen) atoms. The molecule has 1 fully saturated rings. The van der Waals surface area contributed by atoms with Crippen molar-refractivity contribution in [1.29, 1.82) is 0 Å². The molecule has 0 N–H and O–H groups in total. The minimum atomic E-state index is -0.228. The summed E-state index contributed by atoms with van der Waals surface area (Å²) in [5.41, 5.74) is 1.97. The lowest BCUT2D eigenvalue weighted by molar-refractivity contribution is 0.162. The smallest absolute Gasteiger partial charge is 0.278 e. The van der Waals surface area contributed by atoms with Crippen molar-refractivity contribution in [2.45, 2.75) is 32.2 Å². The standard InChI is InChI=1S/C20H20ClN5O3/c1-10-7-12(10)19-23-18(24-29-19)15-17-20(27)26(11(2)8-28-3)16-13(21)5-4-6-14(16)25(17)9-22-15/h4-6,9-12H,7-8H2,1-3H3. The number of ether oxygens (including phenoxy) is 1. The number of benzene rings is 1. The zero-order valence-corrected chi connectivity index (χ0v) is 17.1. The molecule has 1 aliphatic carbocycles. The van der Waals surface area contributed by atoms with Crippen LogP contribution in [0.5, 0.6) is 0 Å². The Labute approximate surface area is 171 Å². The number of fused-ring (bicyclic) bond motifs is 3. The Hall–Kier alpha value is -2.71. The molecule has 0 radical (unpaired) electrons. The van der Waals surface area contributed by atoms with Crippen molar-refractivity contribution >= 4 is 28.2 Å². The van der Waals surface area contributed by atoms with Crippen molar-refractivity contribution in [2.75, 3.05) is 13.7 Å². The molecule has 0 aliphatic heterocycles. The maximum Gasteiger partial charge on any atom is 0.278 e. The van der Waals surface area contributed by atoms with E-state index in [0.717, 1.165) is 11.9 Å². The molecular weight excluding hydrogens is 394 g/mol. The first kappa shape index (κ1) is 18.3. The van der Waals surface area contributed by atoms with Crippen LogP contribution in [0.2, 0.25) is 5.02 Å². The molecule has 8 nitrogen and oxygen atoms in total. The third-order valence-corrected chi connectivity index (χ3v) is 5.89. The molecule has 1 aromatic carbocycles. The second-order valence-electron chi connectivity index (χ2n) is 7.67. The van der Waals surface area contributed by atoms with Gasteiger partial charge in [-0.2, -0.15) is 4.98 Å². The molecular formula is C20H20ClN5O3. The summed E-state index contributed by atoms with van der Waals surface area (Å²) in [4.78, 5) is 22.5. The van der Waals surface area contributed by atoms with E-state index >= 15 is 0 Å². The summed E-state index contributed by atoms with van der Waals surface area (Å²) in [6, 6.07) is 5.30. The van der Waals surface area contributed by atoms with Gasteiger partial charge in [0, 0.05) is 13.0 Å². The number of nitrogens with zero attached hydrogens (tertiary/aromatic N) is 5. The van der Waals surface area contributed by atoms with E-state index in [1.54, 1.807) is 28.5 Å². The molecule has 9 heteroatoms. The average Bonchev–Trinajstić information content (AvgIpc) is 3.10. The van der Waals surface area contributed by atoms with Crippen LogP contribution in [0.1, 0.15) is 38.1 Å². The Morgan fingerprint density at radius 3 is 2.90 bits per heavy atom. The maximum atomic E-state index is 13.6. The number of para-hydroxylation sites is 1. The number of halogens is 1. The van der Waals surface area contributed by atoms with Gasteiger partial charge < -0.3 is 9.26 Å². The average molecular weight is 414 g/mol. The third kappa shape index (κ3) is 2.78. The van der Waals surface area contributed by atoms with E-state index < -0.39 is 0 Å². The first-order valence-electron chi connectivity index (χ1n) is 9.54. The highest BCUT2D eigenvalue weighted by molar-refractivity contribution is 6.35. The summed E-state index contributed by atoms with van der Waals surface area (Å²) in [5.74, 6) is 1.76. The zero-order chi connectivity index (χ0) is 20.3. The van der Waals surface area contributed by atoms with Crippen molar-refractivity contribution < 1.29 is 9.26 Å². The summed E-state index contributed by atoms with van der Waals surface area (Å²) in [6.45, 7) is 4.43. The summed E-state index contributed by atoms with van der Waals surface area (Å²) in [5, 5.41) is 4.58. The molecule has 0 amide bonds. The highest BCUT2D eigenvalue weighted by Crippen LogP contribution is 2.46. The maximum absolute atomic E-state index is 13.6. The number of hydrogen-bond acceptors (Lipinski definition) is 6. The molecule has 0 spiro atoms. The summed E-state index contributed by atoms with van der Waals surface area (Å²) in [7, 11) is 1.60. The van der Waals surface area contributed by atoms with Gasteiger partial charge in [0.05, 0.1) is 28.7 Å². The van der Waals surface area contributed by atoms with E-state index in [1.165, 1.54) is 0 Å². The van der Waals surface area contributed by atoms with E-state index in [9.17, 15) is 4.79 Å². The van der Waals surface area contributed by atoms with Gasteiger partial charge in [-0.25, -0.2) is 4.98 Å². The van der Waals surface area contributed by atoms with Gasteiger partial charge in [-0.3, -0.25) is 13.8 Å². The van der Waals surface area contributed by atoms with Gasteiger partial charge in [0.15, 0.2) is 0 Å². The molecule has 3 atom stereocenters. The molecule has 4 aromatic rings. The Morgan fingerprint density at radius 2 is 2.17 bits per heavy atom. The number of aromatic nitrogens is 5. The quantitative estimate of drug-likeness (QED) is 0.496. The number of imidazole rings is 1. The first-order valence-corrected chi connectivity index (χ1v) is 9.91. The van der Waals surface area contributed by atoms with Gasteiger partial charge >= 0.3 is 0 Å². The molecule has 1 aliphatic rings. The number of hydrogen-bond donors (Lipinski definition) is 0. The van der Waals surface area contributed by atoms with Crippen molar-refractivity contribution in [2.24, 2.45) is 5.92 Å². The summed E-state index contributed by atoms with van der Waals surface area (Å²) in [6.07, 6.45) is 2.64. The van der Waals surface area contributed by atoms with Gasteiger partial charge in [0.25, 0.3) is 5.56 Å². The molecule has 3 heterocycles. The monoisotopic (exact) mass is 413 g/mol. The van der Waals surface area contributed by atoms with Crippen LogP contribution in [0.3, 0.4) is 0 Å². The fourth-order valence-corrected chi connectivity index (χ4v) is 4.20. The topological polar surface area (TPSA) is 87.5 Å². The minimum Gasteiger partial charge on any atom is -0.383 e. The van der Waals surface area contributed by atoms with Crippen molar-refractivity contribution in [1.82, 2.24) is 24.1 Å². The molecule has 1 saturated carbocycles. The van der Waals surface area contributed by atoms with E-state index in [1.807, 2.05) is 19.1 Å². The number of methoxy groups -OCH3 is 1. The van der Waals surface area contributed by atoms with E-state index in [0.29, 0.717) is 51.9 Å². The molecule has 0 saturated heterocycles. The molecule has 3 aromatic heterocycles. The van der Waals surface area contributed by atoms with Gasteiger partial charge in [0.1, 0.15) is 17.5 Å². The lowest BCUT2D eigenvalue weighted by atomic mass is 10.2. The van der Waals surface area contributed by atoms with Crippen LogP contribution in [0, 0.1) is 5.92 Å². The van der Waals surface area contributed by atoms with Gasteiger partial charge in [-0.1, -0.05) is 29.7 Å². The third-order valence-electron chi connectivity index (χ3n) is 5.58. The Kier molecular flexibility index (Phi) is 4.22. The highest BCUT2D eigenvalue weighted by atomic mass is 35.5. The molecule has 150 valence electrons. The fraction of sp³-hybridized carbons (Fsp3) is 0.400. The van der Waals surface area contributed by atoms with Crippen LogP contribution in [0.4, 0.5) is 0 Å². The van der Waals surface area contributed by atoms with Gasteiger partial charge in [-0.15, -0.1) is 0 Å². The van der Waals surface area contributed by atoms with Crippen LogP contribution in [-0.2, 0) is 4.74 Å². The fourth-order valence-electron chi connectivity index (χ4n) is 3.94. The normalized spacial score (nSPS) is 19.9. The lowest BCUT2D eigenvalue weighted by Crippen LogP contribution is -2.28. The van der Waals surface area contributed by atoms with Crippen molar-refractivity contribution in [3.05, 3.63) is 45.8 Å². The van der Waals surface area contributed by atoms with Crippen LogP contribution in [0.15, 0.2) is 33.8 Å². The van der Waals surface area contributed by atoms with Crippen LogP contribution in [0.25, 0.3) is 28.1 Å².